The van der Waals surface area contributed by atoms with Gasteiger partial charge in [0.25, 0.3) is 5.56 Å². The molecule has 0 saturated carbocycles. The number of halogens is 1. The molecule has 0 radical (unpaired) electrons. The zero-order valence-electron chi connectivity index (χ0n) is 8.86. The Kier molecular flexibility index (Phi) is 5.24. The van der Waals surface area contributed by atoms with Gasteiger partial charge >= 0.3 is 0 Å². The van der Waals surface area contributed by atoms with Gasteiger partial charge in [-0.25, -0.2) is 5.10 Å². The topological polar surface area (TPSA) is 87.2 Å². The van der Waals surface area contributed by atoms with E-state index in [4.69, 9.17) is 16.3 Å². The van der Waals surface area contributed by atoms with Crippen molar-refractivity contribution < 1.29 is 9.84 Å². The van der Waals surface area contributed by atoms with Crippen molar-refractivity contribution in [3.63, 3.8) is 0 Å². The molecule has 0 fully saturated rings. The summed E-state index contributed by atoms with van der Waals surface area (Å²) < 4.78 is 4.78. The van der Waals surface area contributed by atoms with E-state index in [9.17, 15) is 9.90 Å². The zero-order chi connectivity index (χ0) is 12.0. The molecule has 0 aliphatic carbocycles. The normalized spacial score (nSPS) is 12.4. The lowest BCUT2D eigenvalue weighted by Crippen LogP contribution is -2.19. The summed E-state index contributed by atoms with van der Waals surface area (Å²) in [6.45, 7) is 0.762. The number of aromatic nitrogens is 2. The van der Waals surface area contributed by atoms with Gasteiger partial charge in [0.1, 0.15) is 5.02 Å². The maximum Gasteiger partial charge on any atom is 0.285 e. The molecule has 0 aromatic carbocycles. The van der Waals surface area contributed by atoms with Crippen molar-refractivity contribution in [1.29, 1.82) is 0 Å². The predicted molar refractivity (Wildman–Crippen MR) is 60.9 cm³/mol. The standard InChI is InChI=1S/C9H14ClN3O3/c1-16-5-6(14)2-3-11-7-4-12-13-9(15)8(7)10/h4,6,14H,2-3,5H2,1H3,(H2,11,13,15). The van der Waals surface area contributed by atoms with Crippen LogP contribution in [-0.4, -0.2) is 41.7 Å². The van der Waals surface area contributed by atoms with Gasteiger partial charge in [-0.1, -0.05) is 11.6 Å². The highest BCUT2D eigenvalue weighted by molar-refractivity contribution is 6.32. The zero-order valence-corrected chi connectivity index (χ0v) is 9.62. The summed E-state index contributed by atoms with van der Waals surface area (Å²) in [6.07, 6.45) is 1.38. The molecule has 1 aromatic heterocycles. The first-order valence-electron chi connectivity index (χ1n) is 4.79. The van der Waals surface area contributed by atoms with Gasteiger partial charge < -0.3 is 15.2 Å². The van der Waals surface area contributed by atoms with Crippen molar-refractivity contribution in [2.45, 2.75) is 12.5 Å². The van der Waals surface area contributed by atoms with Gasteiger partial charge in [0.15, 0.2) is 0 Å². The van der Waals surface area contributed by atoms with Gasteiger partial charge in [-0.3, -0.25) is 4.79 Å². The Bertz CT molecular complexity index is 383. The minimum absolute atomic E-state index is 0.0660. The number of ether oxygens (including phenoxy) is 1. The number of H-pyrrole nitrogens is 1. The number of rotatable bonds is 6. The van der Waals surface area contributed by atoms with Crippen LogP contribution in [0.3, 0.4) is 0 Å². The fourth-order valence-electron chi connectivity index (χ4n) is 1.16. The highest BCUT2D eigenvalue weighted by atomic mass is 35.5. The molecular formula is C9H14ClN3O3. The first-order chi connectivity index (χ1) is 7.65. The van der Waals surface area contributed by atoms with E-state index in [2.05, 4.69) is 15.5 Å². The fourth-order valence-corrected chi connectivity index (χ4v) is 1.31. The molecule has 1 rings (SSSR count). The molecule has 0 aliphatic rings. The van der Waals surface area contributed by atoms with Crippen molar-refractivity contribution in [2.24, 2.45) is 0 Å². The van der Waals surface area contributed by atoms with Gasteiger partial charge in [0.2, 0.25) is 0 Å². The number of aromatic amines is 1. The van der Waals surface area contributed by atoms with E-state index in [0.29, 0.717) is 18.7 Å². The van der Waals surface area contributed by atoms with Crippen LogP contribution in [0.2, 0.25) is 5.02 Å². The molecule has 3 N–H and O–H groups in total. The van der Waals surface area contributed by atoms with E-state index in [1.807, 2.05) is 0 Å². The number of anilines is 1. The molecule has 0 amide bonds. The van der Waals surface area contributed by atoms with Crippen molar-refractivity contribution in [2.75, 3.05) is 25.6 Å². The van der Waals surface area contributed by atoms with Gasteiger partial charge in [-0.15, -0.1) is 0 Å². The quantitative estimate of drug-likeness (QED) is 0.670. The van der Waals surface area contributed by atoms with Crippen molar-refractivity contribution >= 4 is 17.3 Å². The molecule has 0 spiro atoms. The molecule has 1 atom stereocenters. The Morgan fingerprint density at radius 1 is 1.75 bits per heavy atom. The van der Waals surface area contributed by atoms with Crippen molar-refractivity contribution in [3.8, 4) is 0 Å². The summed E-state index contributed by atoms with van der Waals surface area (Å²) in [5.41, 5.74) is 0.0131. The first kappa shape index (κ1) is 13.0. The van der Waals surface area contributed by atoms with E-state index in [-0.39, 0.29) is 11.6 Å². The lowest BCUT2D eigenvalue weighted by atomic mass is 10.2. The van der Waals surface area contributed by atoms with Gasteiger partial charge in [-0.2, -0.15) is 5.10 Å². The Morgan fingerprint density at radius 3 is 3.19 bits per heavy atom. The van der Waals surface area contributed by atoms with Gasteiger partial charge in [-0.05, 0) is 6.42 Å². The molecule has 1 aromatic rings. The molecule has 16 heavy (non-hydrogen) atoms. The molecule has 0 aliphatic heterocycles. The average Bonchev–Trinajstić information content (AvgIpc) is 2.25. The molecule has 7 heteroatoms. The Labute approximate surface area is 97.6 Å². The Hall–Kier alpha value is -1.11. The summed E-state index contributed by atoms with van der Waals surface area (Å²) in [7, 11) is 1.52. The summed E-state index contributed by atoms with van der Waals surface area (Å²) in [5.74, 6) is 0. The van der Waals surface area contributed by atoms with Crippen LogP contribution in [0.15, 0.2) is 11.0 Å². The number of aliphatic hydroxyl groups is 1. The van der Waals surface area contributed by atoms with E-state index in [0.717, 1.165) is 0 Å². The van der Waals surface area contributed by atoms with E-state index >= 15 is 0 Å². The Morgan fingerprint density at radius 2 is 2.50 bits per heavy atom. The minimum atomic E-state index is -0.536. The molecule has 90 valence electrons. The molecule has 0 saturated heterocycles. The number of nitrogens with zero attached hydrogens (tertiary/aromatic N) is 1. The summed E-state index contributed by atoms with van der Waals surface area (Å²) >= 11 is 5.74. The van der Waals surface area contributed by atoms with Gasteiger partial charge in [0.05, 0.1) is 24.6 Å². The largest absolute Gasteiger partial charge is 0.391 e. The Balaban J connectivity index is 2.43. The SMILES string of the molecule is COCC(O)CCNc1cn[nH]c(=O)c1Cl. The summed E-state index contributed by atoms with van der Waals surface area (Å²) in [5, 5.41) is 18.2. The lowest BCUT2D eigenvalue weighted by Gasteiger charge is -2.10. The number of nitrogens with one attached hydrogen (secondary N) is 2. The maximum absolute atomic E-state index is 11.1. The molecular weight excluding hydrogens is 234 g/mol. The van der Waals surface area contributed by atoms with Crippen LogP contribution in [0.1, 0.15) is 6.42 Å². The fraction of sp³-hybridized carbons (Fsp3) is 0.556. The lowest BCUT2D eigenvalue weighted by molar-refractivity contribution is 0.0615. The first-order valence-corrected chi connectivity index (χ1v) is 5.17. The van der Waals surface area contributed by atoms with Crippen LogP contribution in [0, 0.1) is 0 Å². The maximum atomic E-state index is 11.1. The molecule has 6 nitrogen and oxygen atoms in total. The minimum Gasteiger partial charge on any atom is -0.391 e. The second kappa shape index (κ2) is 6.47. The molecule has 1 heterocycles. The third-order valence-corrected chi connectivity index (χ3v) is 2.32. The molecule has 0 bridgehead atoms. The number of hydrogen-bond acceptors (Lipinski definition) is 5. The van der Waals surface area contributed by atoms with Crippen molar-refractivity contribution in [3.05, 3.63) is 21.6 Å². The summed E-state index contributed by atoms with van der Waals surface area (Å²) in [6, 6.07) is 0. The van der Waals surface area contributed by atoms with E-state index in [1.54, 1.807) is 0 Å². The van der Waals surface area contributed by atoms with Crippen molar-refractivity contribution in [1.82, 2.24) is 10.2 Å². The van der Waals surface area contributed by atoms with Gasteiger partial charge in [0, 0.05) is 13.7 Å². The second-order valence-corrected chi connectivity index (χ2v) is 3.63. The van der Waals surface area contributed by atoms with Crippen LogP contribution >= 0.6 is 11.6 Å². The smallest absolute Gasteiger partial charge is 0.285 e. The third-order valence-electron chi connectivity index (χ3n) is 1.95. The number of methoxy groups -OCH3 is 1. The van der Waals surface area contributed by atoms with E-state index in [1.165, 1.54) is 13.3 Å². The monoisotopic (exact) mass is 247 g/mol. The van der Waals surface area contributed by atoms with Crippen LogP contribution in [0.4, 0.5) is 5.69 Å². The van der Waals surface area contributed by atoms with Crippen LogP contribution in [0.5, 0.6) is 0 Å². The predicted octanol–water partition coefficient (Wildman–Crippen LogP) is 0.233. The molecule has 1 unspecified atom stereocenters. The third kappa shape index (κ3) is 3.80. The average molecular weight is 248 g/mol. The second-order valence-electron chi connectivity index (χ2n) is 3.25. The van der Waals surface area contributed by atoms with Crippen LogP contribution < -0.4 is 10.9 Å². The van der Waals surface area contributed by atoms with Crippen LogP contribution in [0.25, 0.3) is 0 Å². The van der Waals surface area contributed by atoms with E-state index < -0.39 is 11.7 Å². The highest BCUT2D eigenvalue weighted by Gasteiger charge is 2.06. The number of hydrogen-bond donors (Lipinski definition) is 3. The number of aliphatic hydroxyl groups excluding tert-OH is 1. The highest BCUT2D eigenvalue weighted by Crippen LogP contribution is 2.14. The van der Waals surface area contributed by atoms with Crippen LogP contribution in [-0.2, 0) is 4.74 Å². The summed E-state index contributed by atoms with van der Waals surface area (Å²) in [4.78, 5) is 11.1.